The first kappa shape index (κ1) is 22.2. The summed E-state index contributed by atoms with van der Waals surface area (Å²) in [5.41, 5.74) is 3.73. The van der Waals surface area contributed by atoms with Crippen LogP contribution in [-0.2, 0) is 16.0 Å². The van der Waals surface area contributed by atoms with E-state index in [9.17, 15) is 14.7 Å². The smallest absolute Gasteiger partial charge is 0.270 e. The van der Waals surface area contributed by atoms with Gasteiger partial charge >= 0.3 is 0 Å². The van der Waals surface area contributed by atoms with Crippen molar-refractivity contribution >= 4 is 40.9 Å². The SMILES string of the molecule is C=CCc1cc(/C=C2\C(=O)NC(=S)N(c3ccc(C)c(C)c3)C2=O)cc(OCC)c1O. The molecule has 3 rings (SSSR count). The maximum absolute atomic E-state index is 13.2. The molecule has 6 nitrogen and oxygen atoms in total. The summed E-state index contributed by atoms with van der Waals surface area (Å²) in [6.45, 7) is 9.78. The first-order valence-electron chi connectivity index (χ1n) is 9.85. The lowest BCUT2D eigenvalue weighted by molar-refractivity contribution is -0.122. The van der Waals surface area contributed by atoms with Gasteiger partial charge in [-0.1, -0.05) is 12.1 Å². The summed E-state index contributed by atoms with van der Waals surface area (Å²) in [4.78, 5) is 27.2. The van der Waals surface area contributed by atoms with Crippen LogP contribution in [0.5, 0.6) is 11.5 Å². The van der Waals surface area contributed by atoms with Gasteiger partial charge in [0, 0.05) is 5.56 Å². The van der Waals surface area contributed by atoms with Crippen molar-refractivity contribution in [3.8, 4) is 11.5 Å². The molecule has 31 heavy (non-hydrogen) atoms. The van der Waals surface area contributed by atoms with Crippen molar-refractivity contribution in [2.75, 3.05) is 11.5 Å². The number of thiocarbonyl (C=S) groups is 1. The predicted octanol–water partition coefficient (Wildman–Crippen LogP) is 3.97. The molecule has 1 aliphatic rings. The molecule has 1 saturated heterocycles. The van der Waals surface area contributed by atoms with Gasteiger partial charge in [-0.2, -0.15) is 0 Å². The Morgan fingerprint density at radius 1 is 1.19 bits per heavy atom. The lowest BCUT2D eigenvalue weighted by Crippen LogP contribution is -2.54. The van der Waals surface area contributed by atoms with E-state index in [0.717, 1.165) is 11.1 Å². The number of nitrogens with one attached hydrogen (secondary N) is 1. The van der Waals surface area contributed by atoms with Crippen LogP contribution in [0.15, 0.2) is 48.6 Å². The third kappa shape index (κ3) is 4.51. The highest BCUT2D eigenvalue weighted by molar-refractivity contribution is 7.80. The number of aryl methyl sites for hydroxylation is 2. The summed E-state index contributed by atoms with van der Waals surface area (Å²) in [5, 5.41) is 13.0. The van der Waals surface area contributed by atoms with E-state index in [1.165, 1.54) is 11.0 Å². The van der Waals surface area contributed by atoms with E-state index in [4.69, 9.17) is 17.0 Å². The molecular formula is C24H24N2O4S. The van der Waals surface area contributed by atoms with Gasteiger partial charge in [0.2, 0.25) is 0 Å². The highest BCUT2D eigenvalue weighted by Gasteiger charge is 2.34. The molecule has 0 bridgehead atoms. The fourth-order valence-corrected chi connectivity index (χ4v) is 3.55. The van der Waals surface area contributed by atoms with E-state index in [0.29, 0.717) is 29.8 Å². The minimum absolute atomic E-state index is 0.0151. The van der Waals surface area contributed by atoms with E-state index in [-0.39, 0.29) is 22.2 Å². The van der Waals surface area contributed by atoms with Crippen LogP contribution in [0.4, 0.5) is 5.69 Å². The largest absolute Gasteiger partial charge is 0.504 e. The first-order valence-corrected chi connectivity index (χ1v) is 10.3. The number of hydrogen-bond donors (Lipinski definition) is 2. The first-order chi connectivity index (χ1) is 14.8. The number of rotatable bonds is 6. The Hall–Kier alpha value is -3.45. The number of phenols is 1. The molecule has 0 spiro atoms. The predicted molar refractivity (Wildman–Crippen MR) is 125 cm³/mol. The lowest BCUT2D eigenvalue weighted by Gasteiger charge is -2.29. The number of allylic oxidation sites excluding steroid dienone is 1. The lowest BCUT2D eigenvalue weighted by atomic mass is 10.0. The van der Waals surface area contributed by atoms with Gasteiger partial charge < -0.3 is 9.84 Å². The van der Waals surface area contributed by atoms with E-state index >= 15 is 0 Å². The van der Waals surface area contributed by atoms with Crippen LogP contribution in [0.25, 0.3) is 6.08 Å². The number of carbonyl (C=O) groups excluding carboxylic acids is 2. The molecule has 1 heterocycles. The topological polar surface area (TPSA) is 78.9 Å². The Labute approximate surface area is 186 Å². The van der Waals surface area contributed by atoms with Crippen molar-refractivity contribution < 1.29 is 19.4 Å². The van der Waals surface area contributed by atoms with Gasteiger partial charge in [0.25, 0.3) is 11.8 Å². The van der Waals surface area contributed by atoms with Crippen LogP contribution in [0, 0.1) is 13.8 Å². The van der Waals surface area contributed by atoms with Crippen molar-refractivity contribution in [1.82, 2.24) is 5.32 Å². The summed E-state index contributed by atoms with van der Waals surface area (Å²) in [5.74, 6) is -0.806. The maximum Gasteiger partial charge on any atom is 0.270 e. The molecule has 160 valence electrons. The van der Waals surface area contributed by atoms with Crippen LogP contribution >= 0.6 is 12.2 Å². The number of hydrogen-bond acceptors (Lipinski definition) is 5. The van der Waals surface area contributed by atoms with Gasteiger partial charge in [-0.25, -0.2) is 0 Å². The third-order valence-corrected chi connectivity index (χ3v) is 5.29. The normalized spacial score (nSPS) is 15.3. The van der Waals surface area contributed by atoms with Crippen molar-refractivity contribution in [1.29, 1.82) is 0 Å². The van der Waals surface area contributed by atoms with Crippen LogP contribution < -0.4 is 15.0 Å². The third-order valence-electron chi connectivity index (χ3n) is 5.00. The van der Waals surface area contributed by atoms with Gasteiger partial charge in [0.05, 0.1) is 12.3 Å². The van der Waals surface area contributed by atoms with Crippen molar-refractivity contribution in [3.63, 3.8) is 0 Å². The molecule has 0 atom stereocenters. The molecule has 2 aromatic rings. The van der Waals surface area contributed by atoms with Crippen molar-refractivity contribution in [2.24, 2.45) is 0 Å². The maximum atomic E-state index is 13.2. The second kappa shape index (κ2) is 9.14. The molecular weight excluding hydrogens is 412 g/mol. The molecule has 2 N–H and O–H groups in total. The molecule has 7 heteroatoms. The van der Waals surface area contributed by atoms with Crippen LogP contribution in [0.2, 0.25) is 0 Å². The number of benzene rings is 2. The van der Waals surface area contributed by atoms with Crippen molar-refractivity contribution in [2.45, 2.75) is 27.2 Å². The summed E-state index contributed by atoms with van der Waals surface area (Å²) < 4.78 is 5.51. The Bertz CT molecular complexity index is 1120. The minimum atomic E-state index is -0.577. The highest BCUT2D eigenvalue weighted by atomic mass is 32.1. The van der Waals surface area contributed by atoms with Gasteiger partial charge in [-0.15, -0.1) is 6.58 Å². The Kier molecular flexibility index (Phi) is 6.56. The van der Waals surface area contributed by atoms with Crippen LogP contribution in [0.3, 0.4) is 0 Å². The second-order valence-corrected chi connectivity index (χ2v) is 7.57. The Balaban J connectivity index is 2.07. The zero-order valence-electron chi connectivity index (χ0n) is 17.7. The van der Waals surface area contributed by atoms with Gasteiger partial charge in [0.15, 0.2) is 16.6 Å². The van der Waals surface area contributed by atoms with Crippen LogP contribution in [0.1, 0.15) is 29.2 Å². The van der Waals surface area contributed by atoms with E-state index < -0.39 is 11.8 Å². The molecule has 1 fully saturated rings. The highest BCUT2D eigenvalue weighted by Crippen LogP contribution is 2.33. The number of nitrogens with zero attached hydrogens (tertiary/aromatic N) is 1. The van der Waals surface area contributed by atoms with Gasteiger partial charge in [-0.05, 0) is 86.4 Å². The molecule has 0 aliphatic carbocycles. The number of aromatic hydroxyl groups is 1. The average molecular weight is 437 g/mol. The fraction of sp³-hybridized carbons (Fsp3) is 0.208. The molecule has 0 aromatic heterocycles. The number of ether oxygens (including phenoxy) is 1. The molecule has 2 amide bonds. The standard InChI is InChI=1S/C24H24N2O4S/c1-5-7-17-11-16(13-20(21(17)27)30-6-2)12-19-22(28)25-24(31)26(23(19)29)18-9-8-14(3)15(4)10-18/h5,8-13,27H,1,6-7H2,2-4H3,(H,25,28,31)/b19-12+. The van der Waals surface area contributed by atoms with E-state index in [1.807, 2.05) is 26.0 Å². The fourth-order valence-electron chi connectivity index (χ4n) is 3.27. The molecule has 0 radical (unpaired) electrons. The summed E-state index contributed by atoms with van der Waals surface area (Å²) >= 11 is 5.27. The van der Waals surface area contributed by atoms with Gasteiger partial charge in [0.1, 0.15) is 5.57 Å². The quantitative estimate of drug-likeness (QED) is 0.310. The number of amides is 2. The summed E-state index contributed by atoms with van der Waals surface area (Å²) in [6, 6.07) is 8.82. The Morgan fingerprint density at radius 3 is 2.58 bits per heavy atom. The molecule has 0 unspecified atom stereocenters. The number of anilines is 1. The van der Waals surface area contributed by atoms with E-state index in [2.05, 4.69) is 11.9 Å². The minimum Gasteiger partial charge on any atom is -0.504 e. The molecule has 0 saturated carbocycles. The second-order valence-electron chi connectivity index (χ2n) is 7.18. The zero-order chi connectivity index (χ0) is 22.7. The number of carbonyl (C=O) groups is 2. The summed E-state index contributed by atoms with van der Waals surface area (Å²) in [7, 11) is 0. The molecule has 2 aromatic carbocycles. The number of phenolic OH excluding ortho intramolecular Hbond substituents is 1. The van der Waals surface area contributed by atoms with Gasteiger partial charge in [-0.3, -0.25) is 19.8 Å². The Morgan fingerprint density at radius 2 is 1.94 bits per heavy atom. The zero-order valence-corrected chi connectivity index (χ0v) is 18.5. The monoisotopic (exact) mass is 436 g/mol. The molecule has 1 aliphatic heterocycles. The van der Waals surface area contributed by atoms with Crippen LogP contribution in [-0.4, -0.2) is 28.6 Å². The van der Waals surface area contributed by atoms with Crippen molar-refractivity contribution in [3.05, 3.63) is 70.8 Å². The van der Waals surface area contributed by atoms with E-state index in [1.54, 1.807) is 31.2 Å². The summed E-state index contributed by atoms with van der Waals surface area (Å²) in [6.07, 6.45) is 3.53. The average Bonchev–Trinajstić information content (AvgIpc) is 2.71.